The van der Waals surface area contributed by atoms with E-state index in [-0.39, 0.29) is 24.4 Å². The molecule has 2 aliphatic heterocycles. The number of hydrogen-bond acceptors (Lipinski definition) is 5. The van der Waals surface area contributed by atoms with Crippen LogP contribution in [0.25, 0.3) is 0 Å². The monoisotopic (exact) mass is 404 g/mol. The first-order chi connectivity index (χ1) is 14.1. The lowest BCUT2D eigenvalue weighted by Gasteiger charge is -2.34. The molecule has 5 saturated carbocycles. The second-order valence-corrected chi connectivity index (χ2v) is 11.5. The van der Waals surface area contributed by atoms with Gasteiger partial charge in [0, 0.05) is 32.1 Å². The standard InChI is InChI=1S/C24H36O5/c25-20-21-18(26-23(28-21)10-14-5-1-2-6-15(14)11-23)9-19-22(20)29-24(27-19)12-16-7-3-4-8-17(16)13-24/h14-22,25H,1-13H2/t14?,15?,16?,17?,18-,19?,20?,21-,22-,23?,24?/m1/s1. The lowest BCUT2D eigenvalue weighted by molar-refractivity contribution is -0.201. The molecule has 6 unspecified atom stereocenters. The highest BCUT2D eigenvalue weighted by Gasteiger charge is 2.65. The molecule has 0 aromatic carbocycles. The average molecular weight is 405 g/mol. The summed E-state index contributed by atoms with van der Waals surface area (Å²) in [5, 5.41) is 11.2. The minimum atomic E-state index is -0.636. The summed E-state index contributed by atoms with van der Waals surface area (Å²) in [5.41, 5.74) is 0. The summed E-state index contributed by atoms with van der Waals surface area (Å²) in [6.07, 6.45) is 14.3. The van der Waals surface area contributed by atoms with E-state index in [2.05, 4.69) is 0 Å². The molecule has 0 amide bonds. The molecule has 0 bridgehead atoms. The van der Waals surface area contributed by atoms with Gasteiger partial charge in [-0.2, -0.15) is 0 Å². The van der Waals surface area contributed by atoms with Crippen molar-refractivity contribution < 1.29 is 24.1 Å². The molecule has 5 nitrogen and oxygen atoms in total. The lowest BCUT2D eigenvalue weighted by Crippen LogP contribution is -2.53. The summed E-state index contributed by atoms with van der Waals surface area (Å²) in [5.74, 6) is 2.09. The zero-order valence-corrected chi connectivity index (χ0v) is 17.5. The predicted octanol–water partition coefficient (Wildman–Crippen LogP) is 3.91. The van der Waals surface area contributed by atoms with Crippen LogP contribution in [-0.4, -0.2) is 47.2 Å². The first-order valence-electron chi connectivity index (χ1n) is 12.5. The molecule has 9 atom stereocenters. The molecule has 162 valence electrons. The van der Waals surface area contributed by atoms with Crippen LogP contribution >= 0.6 is 0 Å². The topological polar surface area (TPSA) is 57.2 Å². The Labute approximate surface area is 173 Å². The Bertz CT molecular complexity index is 584. The Morgan fingerprint density at radius 3 is 1.31 bits per heavy atom. The molecule has 5 heteroatoms. The van der Waals surface area contributed by atoms with E-state index in [0.29, 0.717) is 0 Å². The molecule has 2 heterocycles. The third-order valence-corrected chi connectivity index (χ3v) is 9.73. The van der Waals surface area contributed by atoms with Crippen molar-refractivity contribution in [2.75, 3.05) is 0 Å². The van der Waals surface area contributed by atoms with Crippen LogP contribution < -0.4 is 0 Å². The van der Waals surface area contributed by atoms with Gasteiger partial charge in [-0.05, 0) is 49.4 Å². The van der Waals surface area contributed by atoms with E-state index in [9.17, 15) is 5.11 Å². The molecular formula is C24H36O5. The smallest absolute Gasteiger partial charge is 0.169 e. The van der Waals surface area contributed by atoms with Gasteiger partial charge in [-0.1, -0.05) is 25.7 Å². The lowest BCUT2D eigenvalue weighted by atomic mass is 9.82. The van der Waals surface area contributed by atoms with Gasteiger partial charge in [0.15, 0.2) is 11.6 Å². The van der Waals surface area contributed by atoms with Crippen LogP contribution in [0, 0.1) is 23.7 Å². The van der Waals surface area contributed by atoms with Gasteiger partial charge in [0.25, 0.3) is 0 Å². The Balaban J connectivity index is 1.08. The summed E-state index contributed by atoms with van der Waals surface area (Å²) in [6, 6.07) is 0. The third kappa shape index (κ3) is 2.77. The minimum Gasteiger partial charge on any atom is -0.387 e. The molecule has 1 N–H and O–H groups in total. The summed E-state index contributed by atoms with van der Waals surface area (Å²) in [6.45, 7) is 0. The third-order valence-electron chi connectivity index (χ3n) is 9.73. The highest BCUT2D eigenvalue weighted by Crippen LogP contribution is 2.58. The van der Waals surface area contributed by atoms with Gasteiger partial charge >= 0.3 is 0 Å². The maximum atomic E-state index is 11.2. The van der Waals surface area contributed by atoms with Gasteiger partial charge in [0.05, 0.1) is 12.2 Å². The Morgan fingerprint density at radius 1 is 0.552 bits per heavy atom. The molecular weight excluding hydrogens is 368 g/mol. The normalized spacial score (nSPS) is 60.9. The fraction of sp³-hybridized carbons (Fsp3) is 1.00. The Hall–Kier alpha value is -0.200. The van der Waals surface area contributed by atoms with Crippen LogP contribution in [0.1, 0.15) is 83.5 Å². The van der Waals surface area contributed by atoms with Crippen LogP contribution in [0.3, 0.4) is 0 Å². The SMILES string of the molecule is OC1[C@@H]2OC3(CC4CCCCC4C3)OC2C[C@H]2OC3(CC4CCCCC4C3)O[C@@H]12. The van der Waals surface area contributed by atoms with Crippen LogP contribution in [0.4, 0.5) is 0 Å². The second-order valence-electron chi connectivity index (χ2n) is 11.5. The van der Waals surface area contributed by atoms with Crippen LogP contribution in [0.15, 0.2) is 0 Å². The molecule has 7 fully saturated rings. The van der Waals surface area contributed by atoms with E-state index in [4.69, 9.17) is 18.9 Å². The maximum absolute atomic E-state index is 11.2. The van der Waals surface area contributed by atoms with Crippen molar-refractivity contribution in [2.24, 2.45) is 23.7 Å². The molecule has 7 aliphatic rings. The highest BCUT2D eigenvalue weighted by atomic mass is 16.8. The van der Waals surface area contributed by atoms with Crippen LogP contribution in [-0.2, 0) is 18.9 Å². The largest absolute Gasteiger partial charge is 0.387 e. The maximum Gasteiger partial charge on any atom is 0.169 e. The number of rotatable bonds is 0. The molecule has 0 aromatic rings. The van der Waals surface area contributed by atoms with Gasteiger partial charge in [0.2, 0.25) is 0 Å². The van der Waals surface area contributed by atoms with Crippen molar-refractivity contribution in [3.05, 3.63) is 0 Å². The van der Waals surface area contributed by atoms with Crippen molar-refractivity contribution in [1.29, 1.82) is 0 Å². The second kappa shape index (κ2) is 6.41. The Kier molecular flexibility index (Phi) is 4.06. The van der Waals surface area contributed by atoms with Crippen LogP contribution in [0.2, 0.25) is 0 Å². The molecule has 29 heavy (non-hydrogen) atoms. The van der Waals surface area contributed by atoms with Gasteiger partial charge in [-0.15, -0.1) is 0 Å². The van der Waals surface area contributed by atoms with E-state index >= 15 is 0 Å². The molecule has 5 aliphatic carbocycles. The van der Waals surface area contributed by atoms with E-state index < -0.39 is 17.7 Å². The molecule has 0 aromatic heterocycles. The van der Waals surface area contributed by atoms with E-state index in [0.717, 1.165) is 55.8 Å². The first kappa shape index (κ1) is 18.4. The van der Waals surface area contributed by atoms with Crippen molar-refractivity contribution in [1.82, 2.24) is 0 Å². The predicted molar refractivity (Wildman–Crippen MR) is 105 cm³/mol. The van der Waals surface area contributed by atoms with Gasteiger partial charge in [-0.3, -0.25) is 0 Å². The van der Waals surface area contributed by atoms with Crippen molar-refractivity contribution in [3.8, 4) is 0 Å². The average Bonchev–Trinajstić information content (AvgIpc) is 3.44. The molecule has 2 saturated heterocycles. The van der Waals surface area contributed by atoms with Crippen molar-refractivity contribution in [2.45, 2.75) is 126 Å². The van der Waals surface area contributed by atoms with Crippen molar-refractivity contribution in [3.63, 3.8) is 0 Å². The van der Waals surface area contributed by atoms with Gasteiger partial charge in [0.1, 0.15) is 18.3 Å². The Morgan fingerprint density at radius 2 is 0.931 bits per heavy atom. The minimum absolute atomic E-state index is 0.0474. The zero-order chi connectivity index (χ0) is 19.2. The summed E-state index contributed by atoms with van der Waals surface area (Å²) >= 11 is 0. The molecule has 0 radical (unpaired) electrons. The zero-order valence-electron chi connectivity index (χ0n) is 17.5. The highest BCUT2D eigenvalue weighted by molar-refractivity contribution is 5.08. The number of aliphatic hydroxyl groups is 1. The summed E-state index contributed by atoms with van der Waals surface area (Å²) in [7, 11) is 0. The van der Waals surface area contributed by atoms with E-state index in [1.54, 1.807) is 0 Å². The fourth-order valence-corrected chi connectivity index (χ4v) is 8.54. The fourth-order valence-electron chi connectivity index (χ4n) is 8.54. The van der Waals surface area contributed by atoms with E-state index in [1.165, 1.54) is 51.4 Å². The number of fused-ring (bicyclic) bond motifs is 4. The molecule has 2 spiro atoms. The van der Waals surface area contributed by atoms with Gasteiger partial charge in [-0.25, -0.2) is 0 Å². The van der Waals surface area contributed by atoms with Crippen molar-refractivity contribution >= 4 is 0 Å². The number of aliphatic hydroxyl groups excluding tert-OH is 1. The molecule has 7 rings (SSSR count). The van der Waals surface area contributed by atoms with E-state index in [1.807, 2.05) is 0 Å². The summed E-state index contributed by atoms with van der Waals surface area (Å²) in [4.78, 5) is 0. The quantitative estimate of drug-likeness (QED) is 0.663. The van der Waals surface area contributed by atoms with Crippen LogP contribution in [0.5, 0.6) is 0 Å². The summed E-state index contributed by atoms with van der Waals surface area (Å²) < 4.78 is 26.4. The first-order valence-corrected chi connectivity index (χ1v) is 12.5. The number of ether oxygens (including phenoxy) is 4. The number of hydrogen-bond donors (Lipinski definition) is 1. The van der Waals surface area contributed by atoms with Gasteiger partial charge < -0.3 is 24.1 Å².